The van der Waals surface area contributed by atoms with Gasteiger partial charge in [-0.15, -0.1) is 0 Å². The van der Waals surface area contributed by atoms with Crippen LogP contribution < -0.4 is 5.73 Å². The van der Waals surface area contributed by atoms with Crippen molar-refractivity contribution in [2.45, 2.75) is 25.4 Å². The fraction of sp³-hybridized carbons (Fsp3) is 0.538. The van der Waals surface area contributed by atoms with E-state index in [4.69, 9.17) is 5.73 Å². The first-order valence-corrected chi connectivity index (χ1v) is 6.18. The van der Waals surface area contributed by atoms with Gasteiger partial charge in [0.05, 0.1) is 12.2 Å². The Balaban J connectivity index is 2.07. The predicted molar refractivity (Wildman–Crippen MR) is 67.7 cm³/mol. The standard InChI is InChI=1S/C13H19N3O2/c1-10-2-3-11(15-9-10)13(18)4-6-16(7-5-13)12(17)8-14/h2-3,9,18H,4-8,14H2,1H3. The molecule has 5 heteroatoms. The highest BCUT2D eigenvalue weighted by Gasteiger charge is 2.36. The predicted octanol–water partition coefficient (Wildman–Crippen LogP) is 0.159. The summed E-state index contributed by atoms with van der Waals surface area (Å²) in [5.74, 6) is -0.0612. The Morgan fingerprint density at radius 3 is 2.67 bits per heavy atom. The zero-order chi connectivity index (χ0) is 13.2. The van der Waals surface area contributed by atoms with Crippen LogP contribution in [0.5, 0.6) is 0 Å². The van der Waals surface area contributed by atoms with Gasteiger partial charge in [-0.05, 0) is 31.4 Å². The van der Waals surface area contributed by atoms with E-state index in [0.29, 0.717) is 31.6 Å². The topological polar surface area (TPSA) is 79.5 Å². The van der Waals surface area contributed by atoms with Gasteiger partial charge >= 0.3 is 0 Å². The van der Waals surface area contributed by atoms with Crippen LogP contribution in [0.3, 0.4) is 0 Å². The summed E-state index contributed by atoms with van der Waals surface area (Å²) in [5, 5.41) is 10.6. The van der Waals surface area contributed by atoms with Crippen LogP contribution in [-0.4, -0.2) is 40.5 Å². The highest BCUT2D eigenvalue weighted by molar-refractivity contribution is 5.78. The van der Waals surface area contributed by atoms with E-state index in [1.807, 2.05) is 19.1 Å². The number of hydrogen-bond donors (Lipinski definition) is 2. The number of carbonyl (C=O) groups excluding carboxylic acids is 1. The summed E-state index contributed by atoms with van der Waals surface area (Å²) in [5.41, 5.74) is 6.17. The number of aryl methyl sites for hydroxylation is 1. The summed E-state index contributed by atoms with van der Waals surface area (Å²) in [6.07, 6.45) is 2.77. The average Bonchev–Trinajstić information content (AvgIpc) is 2.39. The lowest BCUT2D eigenvalue weighted by Crippen LogP contribution is -2.47. The molecule has 0 radical (unpaired) electrons. The molecule has 0 aliphatic carbocycles. The lowest BCUT2D eigenvalue weighted by molar-refractivity contribution is -0.134. The molecule has 1 aliphatic rings. The van der Waals surface area contributed by atoms with Crippen LogP contribution in [-0.2, 0) is 10.4 Å². The van der Waals surface area contributed by atoms with E-state index in [2.05, 4.69) is 4.98 Å². The van der Waals surface area contributed by atoms with Crippen LogP contribution in [0.25, 0.3) is 0 Å². The Morgan fingerprint density at radius 2 is 2.17 bits per heavy atom. The number of amides is 1. The van der Waals surface area contributed by atoms with Gasteiger partial charge in [-0.3, -0.25) is 9.78 Å². The van der Waals surface area contributed by atoms with Gasteiger partial charge < -0.3 is 15.7 Å². The number of nitrogens with zero attached hydrogens (tertiary/aromatic N) is 2. The molecule has 0 aromatic carbocycles. The number of piperidine rings is 1. The maximum absolute atomic E-state index is 11.5. The second-order valence-corrected chi connectivity index (χ2v) is 4.84. The molecular formula is C13H19N3O2. The summed E-state index contributed by atoms with van der Waals surface area (Å²) < 4.78 is 0. The van der Waals surface area contributed by atoms with Gasteiger partial charge in [0.25, 0.3) is 0 Å². The molecule has 1 amide bonds. The summed E-state index contributed by atoms with van der Waals surface area (Å²) in [6.45, 7) is 3.05. The number of nitrogens with two attached hydrogens (primary N) is 1. The molecule has 0 unspecified atom stereocenters. The molecule has 18 heavy (non-hydrogen) atoms. The van der Waals surface area contributed by atoms with E-state index in [9.17, 15) is 9.90 Å². The minimum absolute atomic E-state index is 0.0290. The molecule has 1 aromatic rings. The van der Waals surface area contributed by atoms with Gasteiger partial charge in [0, 0.05) is 19.3 Å². The Morgan fingerprint density at radius 1 is 1.50 bits per heavy atom. The van der Waals surface area contributed by atoms with Crippen molar-refractivity contribution in [1.82, 2.24) is 9.88 Å². The number of aliphatic hydroxyl groups is 1. The van der Waals surface area contributed by atoms with E-state index in [1.165, 1.54) is 0 Å². The summed E-state index contributed by atoms with van der Waals surface area (Å²) >= 11 is 0. The first kappa shape index (κ1) is 13.0. The number of pyridine rings is 1. The van der Waals surface area contributed by atoms with Crippen molar-refractivity contribution in [3.8, 4) is 0 Å². The van der Waals surface area contributed by atoms with E-state index in [0.717, 1.165) is 5.56 Å². The third-order valence-corrected chi connectivity index (χ3v) is 3.51. The Kier molecular flexibility index (Phi) is 3.63. The van der Waals surface area contributed by atoms with Gasteiger partial charge in [0.1, 0.15) is 5.60 Å². The molecule has 0 bridgehead atoms. The van der Waals surface area contributed by atoms with Crippen molar-refractivity contribution in [2.24, 2.45) is 5.73 Å². The van der Waals surface area contributed by atoms with Crippen LogP contribution in [0.1, 0.15) is 24.1 Å². The number of aromatic nitrogens is 1. The van der Waals surface area contributed by atoms with Crippen molar-refractivity contribution in [1.29, 1.82) is 0 Å². The molecule has 1 aliphatic heterocycles. The average molecular weight is 249 g/mol. The van der Waals surface area contributed by atoms with Crippen LogP contribution in [0.2, 0.25) is 0 Å². The van der Waals surface area contributed by atoms with Gasteiger partial charge in [0.15, 0.2) is 0 Å². The molecule has 1 saturated heterocycles. The zero-order valence-electron chi connectivity index (χ0n) is 10.6. The van der Waals surface area contributed by atoms with Crippen molar-refractivity contribution in [2.75, 3.05) is 19.6 Å². The minimum Gasteiger partial charge on any atom is -0.383 e. The molecule has 98 valence electrons. The van der Waals surface area contributed by atoms with Crippen LogP contribution in [0.4, 0.5) is 0 Å². The lowest BCUT2D eigenvalue weighted by atomic mass is 9.87. The molecular weight excluding hydrogens is 230 g/mol. The maximum Gasteiger partial charge on any atom is 0.236 e. The van der Waals surface area contributed by atoms with Gasteiger partial charge in [-0.25, -0.2) is 0 Å². The molecule has 2 rings (SSSR count). The zero-order valence-corrected chi connectivity index (χ0v) is 10.6. The van der Waals surface area contributed by atoms with Gasteiger partial charge in [-0.2, -0.15) is 0 Å². The number of rotatable bonds is 2. The summed E-state index contributed by atoms with van der Waals surface area (Å²) in [7, 11) is 0. The molecule has 0 saturated carbocycles. The van der Waals surface area contributed by atoms with Crippen LogP contribution >= 0.6 is 0 Å². The Hall–Kier alpha value is -1.46. The molecule has 0 spiro atoms. The first-order chi connectivity index (χ1) is 8.55. The molecule has 5 nitrogen and oxygen atoms in total. The molecule has 1 aromatic heterocycles. The van der Waals surface area contributed by atoms with Crippen LogP contribution in [0.15, 0.2) is 18.3 Å². The van der Waals surface area contributed by atoms with E-state index < -0.39 is 5.60 Å². The van der Waals surface area contributed by atoms with Crippen molar-refractivity contribution in [3.05, 3.63) is 29.6 Å². The highest BCUT2D eigenvalue weighted by atomic mass is 16.3. The lowest BCUT2D eigenvalue weighted by Gasteiger charge is -2.37. The first-order valence-electron chi connectivity index (χ1n) is 6.18. The fourth-order valence-corrected chi connectivity index (χ4v) is 2.25. The van der Waals surface area contributed by atoms with E-state index in [1.54, 1.807) is 11.1 Å². The Labute approximate surface area is 107 Å². The molecule has 1 fully saturated rings. The number of hydrogen-bond acceptors (Lipinski definition) is 4. The van der Waals surface area contributed by atoms with Gasteiger partial charge in [-0.1, -0.05) is 6.07 Å². The summed E-state index contributed by atoms with van der Waals surface area (Å²) in [6, 6.07) is 3.80. The van der Waals surface area contributed by atoms with E-state index >= 15 is 0 Å². The quantitative estimate of drug-likeness (QED) is 0.782. The third-order valence-electron chi connectivity index (χ3n) is 3.51. The maximum atomic E-state index is 11.5. The van der Waals surface area contributed by atoms with Crippen molar-refractivity contribution >= 4 is 5.91 Å². The smallest absolute Gasteiger partial charge is 0.236 e. The normalized spacial score (nSPS) is 18.7. The van der Waals surface area contributed by atoms with Crippen molar-refractivity contribution in [3.63, 3.8) is 0 Å². The monoisotopic (exact) mass is 249 g/mol. The molecule has 2 heterocycles. The molecule has 3 N–H and O–H groups in total. The highest BCUT2D eigenvalue weighted by Crippen LogP contribution is 2.31. The fourth-order valence-electron chi connectivity index (χ4n) is 2.25. The summed E-state index contributed by atoms with van der Waals surface area (Å²) in [4.78, 5) is 17.4. The number of likely N-dealkylation sites (tertiary alicyclic amines) is 1. The second-order valence-electron chi connectivity index (χ2n) is 4.84. The second kappa shape index (κ2) is 5.04. The molecule has 0 atom stereocenters. The van der Waals surface area contributed by atoms with Crippen LogP contribution in [0, 0.1) is 6.92 Å². The minimum atomic E-state index is -0.918. The SMILES string of the molecule is Cc1ccc(C2(O)CCN(C(=O)CN)CC2)nc1. The van der Waals surface area contributed by atoms with Gasteiger partial charge in [0.2, 0.25) is 5.91 Å². The van der Waals surface area contributed by atoms with Crippen molar-refractivity contribution < 1.29 is 9.90 Å². The Bertz CT molecular complexity index is 422. The number of carbonyl (C=O) groups is 1. The largest absolute Gasteiger partial charge is 0.383 e. The third kappa shape index (κ3) is 2.52. The van der Waals surface area contributed by atoms with E-state index in [-0.39, 0.29) is 12.5 Å².